The zero-order chi connectivity index (χ0) is 16.7. The van der Waals surface area contributed by atoms with E-state index in [-0.39, 0.29) is 18.4 Å². The van der Waals surface area contributed by atoms with Crippen molar-refractivity contribution in [1.29, 1.82) is 0 Å². The largest absolute Gasteiger partial charge is 0.475 e. The van der Waals surface area contributed by atoms with Gasteiger partial charge in [-0.1, -0.05) is 26.0 Å². The smallest absolute Gasteiger partial charge is 0.426 e. The van der Waals surface area contributed by atoms with Gasteiger partial charge in [-0.3, -0.25) is 9.59 Å². The summed E-state index contributed by atoms with van der Waals surface area (Å²) in [5, 5.41) is 23.5. The van der Waals surface area contributed by atoms with Gasteiger partial charge < -0.3 is 20.7 Å². The van der Waals surface area contributed by atoms with Gasteiger partial charge >= 0.3 is 7.12 Å². The molecule has 0 aliphatic heterocycles. The highest BCUT2D eigenvalue weighted by atomic mass is 79.9. The molecule has 120 valence electrons. The number of carbonyl (C=O) groups excluding carboxylic acids is 2. The minimum Gasteiger partial charge on any atom is -0.426 e. The van der Waals surface area contributed by atoms with Gasteiger partial charge in [-0.25, -0.2) is 0 Å². The summed E-state index contributed by atoms with van der Waals surface area (Å²) in [5.41, 5.74) is 0.427. The SMILES string of the molecule is CC(C)C[C@H](NC(=O)CNC(=O)c1ccccc1Br)B(O)O. The predicted octanol–water partition coefficient (Wildman–Crippen LogP) is 0.722. The molecule has 6 nitrogen and oxygen atoms in total. The van der Waals surface area contributed by atoms with Gasteiger partial charge in [0.25, 0.3) is 5.91 Å². The fraction of sp³-hybridized carbons (Fsp3) is 0.429. The normalized spacial score (nSPS) is 11.9. The molecule has 1 aromatic rings. The van der Waals surface area contributed by atoms with E-state index in [4.69, 9.17) is 0 Å². The number of carbonyl (C=O) groups is 2. The Kier molecular flexibility index (Phi) is 7.57. The first-order valence-electron chi connectivity index (χ1n) is 6.99. The summed E-state index contributed by atoms with van der Waals surface area (Å²) in [5.74, 6) is -1.42. The third-order valence-corrected chi connectivity index (χ3v) is 3.65. The molecule has 0 aliphatic rings. The maximum atomic E-state index is 11.9. The standard InChI is InChI=1S/C14H20BBrN2O4/c1-9(2)7-12(15(21)22)18-13(19)8-17-14(20)10-5-3-4-6-11(10)16/h3-6,9,12,21-22H,7-8H2,1-2H3,(H,17,20)(H,18,19)/t12-/m0/s1. The molecule has 0 unspecified atom stereocenters. The maximum Gasteiger partial charge on any atom is 0.475 e. The molecule has 22 heavy (non-hydrogen) atoms. The lowest BCUT2D eigenvalue weighted by Crippen LogP contribution is -2.50. The molecule has 1 rings (SSSR count). The molecule has 2 amide bonds. The Morgan fingerprint density at radius 1 is 1.27 bits per heavy atom. The monoisotopic (exact) mass is 370 g/mol. The highest BCUT2D eigenvalue weighted by molar-refractivity contribution is 9.10. The first-order valence-corrected chi connectivity index (χ1v) is 7.78. The van der Waals surface area contributed by atoms with Crippen LogP contribution >= 0.6 is 15.9 Å². The lowest BCUT2D eigenvalue weighted by atomic mass is 9.75. The van der Waals surface area contributed by atoms with E-state index in [1.165, 1.54) is 0 Å². The van der Waals surface area contributed by atoms with E-state index in [1.54, 1.807) is 24.3 Å². The van der Waals surface area contributed by atoms with E-state index in [0.717, 1.165) is 0 Å². The number of amides is 2. The molecule has 0 aliphatic carbocycles. The fourth-order valence-corrected chi connectivity index (χ4v) is 2.39. The molecule has 4 N–H and O–H groups in total. The molecule has 0 fully saturated rings. The molecular formula is C14H20BBrN2O4. The molecule has 0 radical (unpaired) electrons. The maximum absolute atomic E-state index is 11.9. The van der Waals surface area contributed by atoms with Gasteiger partial charge in [-0.05, 0) is 40.4 Å². The summed E-state index contributed by atoms with van der Waals surface area (Å²) in [7, 11) is -1.63. The van der Waals surface area contributed by atoms with E-state index in [9.17, 15) is 19.6 Å². The van der Waals surface area contributed by atoms with Gasteiger partial charge in [-0.15, -0.1) is 0 Å². The topological polar surface area (TPSA) is 98.7 Å². The zero-order valence-corrected chi connectivity index (χ0v) is 14.1. The van der Waals surface area contributed by atoms with Crippen LogP contribution in [0.2, 0.25) is 0 Å². The third-order valence-electron chi connectivity index (χ3n) is 2.96. The average Bonchev–Trinajstić information content (AvgIpc) is 2.44. The van der Waals surface area contributed by atoms with Gasteiger partial charge in [0.15, 0.2) is 0 Å². The number of nitrogens with one attached hydrogen (secondary N) is 2. The number of benzene rings is 1. The van der Waals surface area contributed by atoms with Crippen molar-refractivity contribution < 1.29 is 19.6 Å². The van der Waals surface area contributed by atoms with Crippen molar-refractivity contribution in [3.63, 3.8) is 0 Å². The van der Waals surface area contributed by atoms with Crippen molar-refractivity contribution in [2.45, 2.75) is 26.2 Å². The van der Waals surface area contributed by atoms with Crippen LogP contribution in [0.3, 0.4) is 0 Å². The van der Waals surface area contributed by atoms with Crippen molar-refractivity contribution >= 4 is 34.9 Å². The van der Waals surface area contributed by atoms with Crippen LogP contribution in [0.1, 0.15) is 30.6 Å². The molecule has 1 aromatic carbocycles. The van der Waals surface area contributed by atoms with Crippen molar-refractivity contribution in [3.05, 3.63) is 34.3 Å². The number of hydrogen-bond donors (Lipinski definition) is 4. The number of halogens is 1. The summed E-state index contributed by atoms with van der Waals surface area (Å²) in [4.78, 5) is 23.7. The molecule has 0 heterocycles. The lowest BCUT2D eigenvalue weighted by Gasteiger charge is -2.19. The van der Waals surface area contributed by atoms with Crippen LogP contribution in [0, 0.1) is 5.92 Å². The molecule has 0 saturated carbocycles. The third kappa shape index (κ3) is 6.17. The molecule has 1 atom stereocenters. The average molecular weight is 371 g/mol. The second kappa shape index (κ2) is 8.92. The predicted molar refractivity (Wildman–Crippen MR) is 88.1 cm³/mol. The van der Waals surface area contributed by atoms with Crippen molar-refractivity contribution in [2.24, 2.45) is 5.92 Å². The van der Waals surface area contributed by atoms with E-state index in [1.807, 2.05) is 13.8 Å². The minimum absolute atomic E-state index is 0.196. The summed E-state index contributed by atoms with van der Waals surface area (Å²) in [6, 6.07) is 6.87. The van der Waals surface area contributed by atoms with Crippen LogP contribution in [0.15, 0.2) is 28.7 Å². The van der Waals surface area contributed by atoms with Crippen molar-refractivity contribution in [2.75, 3.05) is 6.54 Å². The van der Waals surface area contributed by atoms with Crippen molar-refractivity contribution in [3.8, 4) is 0 Å². The van der Waals surface area contributed by atoms with Gasteiger partial charge in [0.1, 0.15) is 0 Å². The van der Waals surface area contributed by atoms with E-state index >= 15 is 0 Å². The molecule has 0 bridgehead atoms. The van der Waals surface area contributed by atoms with E-state index in [0.29, 0.717) is 16.5 Å². The highest BCUT2D eigenvalue weighted by Crippen LogP contribution is 2.15. The Morgan fingerprint density at radius 2 is 1.91 bits per heavy atom. The second-order valence-corrected chi connectivity index (χ2v) is 6.23. The summed E-state index contributed by atoms with van der Waals surface area (Å²) < 4.78 is 0.636. The van der Waals surface area contributed by atoms with Gasteiger partial charge in [-0.2, -0.15) is 0 Å². The van der Waals surface area contributed by atoms with Crippen LogP contribution in [-0.2, 0) is 4.79 Å². The Balaban J connectivity index is 2.51. The number of hydrogen-bond acceptors (Lipinski definition) is 4. The summed E-state index contributed by atoms with van der Waals surface area (Å²) >= 11 is 3.26. The Bertz CT molecular complexity index is 525. The van der Waals surface area contributed by atoms with Crippen LogP contribution in [-0.4, -0.2) is 41.5 Å². The van der Waals surface area contributed by atoms with Gasteiger partial charge in [0.2, 0.25) is 5.91 Å². The van der Waals surface area contributed by atoms with E-state index in [2.05, 4.69) is 26.6 Å². The summed E-state index contributed by atoms with van der Waals surface area (Å²) in [6.07, 6.45) is 0.432. The first kappa shape index (κ1) is 18.7. The lowest BCUT2D eigenvalue weighted by molar-refractivity contribution is -0.120. The molecule has 0 aromatic heterocycles. The van der Waals surface area contributed by atoms with Crippen LogP contribution in [0.5, 0.6) is 0 Å². The van der Waals surface area contributed by atoms with Gasteiger partial charge in [0.05, 0.1) is 18.0 Å². The highest BCUT2D eigenvalue weighted by Gasteiger charge is 2.26. The Labute approximate surface area is 138 Å². The quantitative estimate of drug-likeness (QED) is 0.531. The minimum atomic E-state index is -1.63. The Morgan fingerprint density at radius 3 is 2.45 bits per heavy atom. The van der Waals surface area contributed by atoms with Crippen LogP contribution < -0.4 is 10.6 Å². The summed E-state index contributed by atoms with van der Waals surface area (Å²) in [6.45, 7) is 3.59. The zero-order valence-electron chi connectivity index (χ0n) is 12.5. The Hall–Kier alpha value is -1.38. The van der Waals surface area contributed by atoms with Crippen LogP contribution in [0.25, 0.3) is 0 Å². The molecule has 0 spiro atoms. The fourth-order valence-electron chi connectivity index (χ4n) is 1.92. The van der Waals surface area contributed by atoms with E-state index < -0.39 is 19.0 Å². The van der Waals surface area contributed by atoms with Crippen LogP contribution in [0.4, 0.5) is 0 Å². The molecule has 8 heteroatoms. The first-order chi connectivity index (χ1) is 10.3. The molecular weight excluding hydrogens is 351 g/mol. The molecule has 0 saturated heterocycles. The number of rotatable bonds is 7. The van der Waals surface area contributed by atoms with Crippen molar-refractivity contribution in [1.82, 2.24) is 10.6 Å². The van der Waals surface area contributed by atoms with Gasteiger partial charge in [0, 0.05) is 4.47 Å². The second-order valence-electron chi connectivity index (χ2n) is 5.38.